The first kappa shape index (κ1) is 15.5. The smallest absolute Gasteiger partial charge is 0.224 e. The SMILES string of the molecule is N[C@@H](CC(=O)N1CCn2nncc2C1)Cc1cc(F)ccc1F. The number of hydrogen-bond acceptors (Lipinski definition) is 4. The zero-order valence-electron chi connectivity index (χ0n) is 12.5. The summed E-state index contributed by atoms with van der Waals surface area (Å²) in [6.07, 6.45) is 1.82. The molecule has 1 aliphatic rings. The van der Waals surface area contributed by atoms with Crippen molar-refractivity contribution in [1.29, 1.82) is 0 Å². The van der Waals surface area contributed by atoms with Gasteiger partial charge in [0.05, 0.1) is 25.0 Å². The number of rotatable bonds is 4. The maximum Gasteiger partial charge on any atom is 0.224 e. The third kappa shape index (κ3) is 3.53. The van der Waals surface area contributed by atoms with Crippen molar-refractivity contribution < 1.29 is 13.6 Å². The van der Waals surface area contributed by atoms with Gasteiger partial charge in [-0.1, -0.05) is 5.21 Å². The van der Waals surface area contributed by atoms with Gasteiger partial charge in [0.1, 0.15) is 11.6 Å². The Morgan fingerprint density at radius 1 is 1.35 bits per heavy atom. The van der Waals surface area contributed by atoms with Crippen LogP contribution in [-0.2, 0) is 24.3 Å². The van der Waals surface area contributed by atoms with Gasteiger partial charge in [0.2, 0.25) is 5.91 Å². The monoisotopic (exact) mass is 321 g/mol. The number of hydrogen-bond donors (Lipinski definition) is 1. The Kier molecular flexibility index (Phi) is 4.33. The number of nitrogens with two attached hydrogens (primary N) is 1. The van der Waals surface area contributed by atoms with Crippen LogP contribution in [0.25, 0.3) is 0 Å². The van der Waals surface area contributed by atoms with Crippen LogP contribution in [0.4, 0.5) is 8.78 Å². The zero-order valence-corrected chi connectivity index (χ0v) is 12.5. The summed E-state index contributed by atoms with van der Waals surface area (Å²) in [7, 11) is 0. The number of amides is 1. The molecule has 0 fully saturated rings. The lowest BCUT2D eigenvalue weighted by atomic mass is 10.0. The van der Waals surface area contributed by atoms with Crippen molar-refractivity contribution in [3.05, 3.63) is 47.3 Å². The van der Waals surface area contributed by atoms with Crippen LogP contribution in [0.15, 0.2) is 24.4 Å². The Bertz CT molecular complexity index is 718. The van der Waals surface area contributed by atoms with E-state index in [9.17, 15) is 13.6 Å². The fourth-order valence-electron chi connectivity index (χ4n) is 2.70. The zero-order chi connectivity index (χ0) is 16.4. The number of halogens is 2. The van der Waals surface area contributed by atoms with Crippen molar-refractivity contribution in [3.63, 3.8) is 0 Å². The highest BCUT2D eigenvalue weighted by Crippen LogP contribution is 2.15. The van der Waals surface area contributed by atoms with E-state index in [4.69, 9.17) is 5.73 Å². The third-order valence-electron chi connectivity index (χ3n) is 3.91. The molecule has 1 aliphatic heterocycles. The van der Waals surface area contributed by atoms with Crippen LogP contribution in [-0.4, -0.2) is 38.4 Å². The molecule has 0 aliphatic carbocycles. The molecule has 1 aromatic carbocycles. The van der Waals surface area contributed by atoms with E-state index in [1.807, 2.05) is 0 Å². The Labute approximate surface area is 131 Å². The predicted molar refractivity (Wildman–Crippen MR) is 78.1 cm³/mol. The van der Waals surface area contributed by atoms with Crippen LogP contribution in [0.5, 0.6) is 0 Å². The van der Waals surface area contributed by atoms with Crippen LogP contribution >= 0.6 is 0 Å². The molecule has 0 spiro atoms. The van der Waals surface area contributed by atoms with Gasteiger partial charge in [-0.05, 0) is 30.2 Å². The van der Waals surface area contributed by atoms with E-state index in [0.29, 0.717) is 19.6 Å². The summed E-state index contributed by atoms with van der Waals surface area (Å²) >= 11 is 0. The van der Waals surface area contributed by atoms with Gasteiger partial charge in [0, 0.05) is 19.0 Å². The van der Waals surface area contributed by atoms with Gasteiger partial charge in [0.15, 0.2) is 0 Å². The van der Waals surface area contributed by atoms with Gasteiger partial charge in [-0.3, -0.25) is 4.79 Å². The van der Waals surface area contributed by atoms with E-state index in [1.54, 1.807) is 15.8 Å². The van der Waals surface area contributed by atoms with Gasteiger partial charge in [-0.2, -0.15) is 0 Å². The predicted octanol–water partition coefficient (Wildman–Crippen LogP) is 0.859. The molecule has 1 atom stereocenters. The maximum atomic E-state index is 13.6. The standard InChI is InChI=1S/C15H17F2N5O/c16-11-1-2-14(17)10(5-11)6-12(18)7-15(23)21-3-4-22-13(9-21)8-19-20-22/h1-2,5,8,12H,3-4,6-7,9,18H2/t12-/m1/s1. The molecule has 0 unspecified atom stereocenters. The van der Waals surface area contributed by atoms with E-state index < -0.39 is 17.7 Å². The summed E-state index contributed by atoms with van der Waals surface area (Å²) < 4.78 is 28.5. The number of aromatic nitrogens is 3. The molecule has 3 rings (SSSR count). The number of benzene rings is 1. The summed E-state index contributed by atoms with van der Waals surface area (Å²) in [5.41, 5.74) is 7.00. The van der Waals surface area contributed by atoms with E-state index in [-0.39, 0.29) is 24.3 Å². The van der Waals surface area contributed by atoms with Crippen LogP contribution in [0, 0.1) is 11.6 Å². The normalized spacial score (nSPS) is 15.3. The molecular formula is C15H17F2N5O. The van der Waals surface area contributed by atoms with E-state index >= 15 is 0 Å². The average Bonchev–Trinajstić information content (AvgIpc) is 2.98. The molecule has 1 aromatic heterocycles. The highest BCUT2D eigenvalue weighted by atomic mass is 19.1. The molecule has 8 heteroatoms. The molecule has 0 saturated heterocycles. The molecule has 2 heterocycles. The minimum absolute atomic E-state index is 0.0809. The quantitative estimate of drug-likeness (QED) is 0.906. The van der Waals surface area contributed by atoms with E-state index in [2.05, 4.69) is 10.3 Å². The van der Waals surface area contributed by atoms with Gasteiger partial charge >= 0.3 is 0 Å². The second-order valence-corrected chi connectivity index (χ2v) is 5.67. The second-order valence-electron chi connectivity index (χ2n) is 5.67. The highest BCUT2D eigenvalue weighted by molar-refractivity contribution is 5.77. The Balaban J connectivity index is 1.58. The first-order valence-corrected chi connectivity index (χ1v) is 7.37. The molecule has 23 heavy (non-hydrogen) atoms. The van der Waals surface area contributed by atoms with Crippen molar-refractivity contribution in [1.82, 2.24) is 19.9 Å². The van der Waals surface area contributed by atoms with Crippen molar-refractivity contribution in [2.24, 2.45) is 5.73 Å². The van der Waals surface area contributed by atoms with Crippen molar-refractivity contribution >= 4 is 5.91 Å². The largest absolute Gasteiger partial charge is 0.335 e. The van der Waals surface area contributed by atoms with Crippen LogP contribution in [0.2, 0.25) is 0 Å². The molecule has 6 nitrogen and oxygen atoms in total. The minimum atomic E-state index is -0.566. The maximum absolute atomic E-state index is 13.6. The van der Waals surface area contributed by atoms with Crippen molar-refractivity contribution in [3.8, 4) is 0 Å². The van der Waals surface area contributed by atoms with Crippen LogP contribution in [0.3, 0.4) is 0 Å². The lowest BCUT2D eigenvalue weighted by Crippen LogP contribution is -2.41. The molecule has 122 valence electrons. The minimum Gasteiger partial charge on any atom is -0.335 e. The third-order valence-corrected chi connectivity index (χ3v) is 3.91. The van der Waals surface area contributed by atoms with Crippen molar-refractivity contribution in [2.45, 2.75) is 32.0 Å². The van der Waals surface area contributed by atoms with Gasteiger partial charge < -0.3 is 10.6 Å². The highest BCUT2D eigenvalue weighted by Gasteiger charge is 2.23. The number of carbonyl (C=O) groups excluding carboxylic acids is 1. The lowest BCUT2D eigenvalue weighted by Gasteiger charge is -2.28. The van der Waals surface area contributed by atoms with Gasteiger partial charge in [0.25, 0.3) is 0 Å². The summed E-state index contributed by atoms with van der Waals surface area (Å²) in [6, 6.07) is 2.67. The molecule has 1 amide bonds. The van der Waals surface area contributed by atoms with Gasteiger partial charge in [-0.25, -0.2) is 13.5 Å². The lowest BCUT2D eigenvalue weighted by molar-refractivity contribution is -0.133. The number of fused-ring (bicyclic) bond motifs is 1. The number of carbonyl (C=O) groups is 1. The molecular weight excluding hydrogens is 304 g/mol. The Morgan fingerprint density at radius 3 is 3.00 bits per heavy atom. The average molecular weight is 321 g/mol. The molecule has 0 radical (unpaired) electrons. The van der Waals surface area contributed by atoms with E-state index in [1.165, 1.54) is 0 Å². The molecule has 2 N–H and O–H groups in total. The van der Waals surface area contributed by atoms with Crippen molar-refractivity contribution in [2.75, 3.05) is 6.54 Å². The summed E-state index contributed by atoms with van der Waals surface area (Å²) in [4.78, 5) is 14.0. The molecule has 0 bridgehead atoms. The number of nitrogens with zero attached hydrogens (tertiary/aromatic N) is 4. The van der Waals surface area contributed by atoms with E-state index in [0.717, 1.165) is 23.9 Å². The van der Waals surface area contributed by atoms with Gasteiger partial charge in [-0.15, -0.1) is 5.10 Å². The first-order valence-electron chi connectivity index (χ1n) is 7.37. The molecule has 0 saturated carbocycles. The molecule has 2 aromatic rings. The fourth-order valence-corrected chi connectivity index (χ4v) is 2.70. The second kappa shape index (κ2) is 6.41. The fraction of sp³-hybridized carbons (Fsp3) is 0.400. The Hall–Kier alpha value is -2.35. The van der Waals surface area contributed by atoms with Crippen LogP contribution in [0.1, 0.15) is 17.7 Å². The summed E-state index contributed by atoms with van der Waals surface area (Å²) in [6.45, 7) is 1.57. The topological polar surface area (TPSA) is 77.0 Å². The summed E-state index contributed by atoms with van der Waals surface area (Å²) in [5.74, 6) is -1.14. The Morgan fingerprint density at radius 2 is 2.17 bits per heavy atom. The summed E-state index contributed by atoms with van der Waals surface area (Å²) in [5, 5.41) is 7.72. The van der Waals surface area contributed by atoms with Crippen LogP contribution < -0.4 is 5.73 Å². The first-order chi connectivity index (χ1) is 11.0.